The van der Waals surface area contributed by atoms with Gasteiger partial charge in [0.2, 0.25) is 0 Å². The molecule has 17 heavy (non-hydrogen) atoms. The number of hydrogen-bond acceptors (Lipinski definition) is 2. The van der Waals surface area contributed by atoms with Crippen molar-refractivity contribution in [1.82, 2.24) is 4.98 Å². The second kappa shape index (κ2) is 5.63. The Kier molecular flexibility index (Phi) is 4.16. The maximum Gasteiger partial charge on any atom is 0.0600 e. The molecule has 1 heterocycles. The Morgan fingerprint density at radius 3 is 2.65 bits per heavy atom. The molecule has 0 radical (unpaired) electrons. The molecule has 1 fully saturated rings. The van der Waals surface area contributed by atoms with Gasteiger partial charge in [-0.2, -0.15) is 0 Å². The van der Waals surface area contributed by atoms with E-state index in [1.165, 1.54) is 43.2 Å². The van der Waals surface area contributed by atoms with Crippen LogP contribution in [0, 0.1) is 19.8 Å². The zero-order valence-electron chi connectivity index (χ0n) is 11.1. The highest BCUT2D eigenvalue weighted by Gasteiger charge is 2.19. The molecule has 2 rings (SSSR count). The summed E-state index contributed by atoms with van der Waals surface area (Å²) >= 11 is 0. The molecule has 1 unspecified atom stereocenters. The molecule has 94 valence electrons. The molecule has 0 aromatic carbocycles. The van der Waals surface area contributed by atoms with Crippen molar-refractivity contribution in [2.24, 2.45) is 11.7 Å². The van der Waals surface area contributed by atoms with Crippen LogP contribution in [0.15, 0.2) is 12.3 Å². The predicted octanol–water partition coefficient (Wildman–Crippen LogP) is 3.67. The molecule has 1 saturated carbocycles. The molecule has 0 saturated heterocycles. The maximum atomic E-state index is 6.31. The summed E-state index contributed by atoms with van der Waals surface area (Å²) in [4.78, 5) is 4.52. The van der Waals surface area contributed by atoms with Gasteiger partial charge < -0.3 is 5.73 Å². The molecule has 1 atom stereocenters. The summed E-state index contributed by atoms with van der Waals surface area (Å²) in [7, 11) is 0. The van der Waals surface area contributed by atoms with E-state index in [0.717, 1.165) is 18.0 Å². The van der Waals surface area contributed by atoms with Gasteiger partial charge in [0.1, 0.15) is 0 Å². The van der Waals surface area contributed by atoms with Gasteiger partial charge in [-0.15, -0.1) is 0 Å². The van der Waals surface area contributed by atoms with Gasteiger partial charge in [-0.1, -0.05) is 38.2 Å². The summed E-state index contributed by atoms with van der Waals surface area (Å²) < 4.78 is 0. The van der Waals surface area contributed by atoms with Crippen molar-refractivity contribution in [1.29, 1.82) is 0 Å². The third-order valence-electron chi connectivity index (χ3n) is 3.92. The van der Waals surface area contributed by atoms with Crippen molar-refractivity contribution in [2.45, 2.75) is 58.4 Å². The minimum absolute atomic E-state index is 0.124. The van der Waals surface area contributed by atoms with Gasteiger partial charge in [0.25, 0.3) is 0 Å². The number of pyridine rings is 1. The average molecular weight is 232 g/mol. The van der Waals surface area contributed by atoms with Crippen molar-refractivity contribution in [3.8, 4) is 0 Å². The third kappa shape index (κ3) is 3.29. The zero-order valence-corrected chi connectivity index (χ0v) is 11.1. The van der Waals surface area contributed by atoms with Gasteiger partial charge in [0.05, 0.1) is 5.69 Å². The third-order valence-corrected chi connectivity index (χ3v) is 3.92. The number of nitrogens with zero attached hydrogens (tertiary/aromatic N) is 1. The van der Waals surface area contributed by atoms with Crippen LogP contribution in [-0.4, -0.2) is 4.98 Å². The Balaban J connectivity index is 2.00. The number of aryl methyl sites for hydroxylation is 2. The topological polar surface area (TPSA) is 38.9 Å². The van der Waals surface area contributed by atoms with E-state index >= 15 is 0 Å². The van der Waals surface area contributed by atoms with E-state index in [9.17, 15) is 0 Å². The Morgan fingerprint density at radius 1 is 1.29 bits per heavy atom. The Morgan fingerprint density at radius 2 is 2.00 bits per heavy atom. The van der Waals surface area contributed by atoms with Crippen molar-refractivity contribution in [3.05, 3.63) is 29.1 Å². The second-order valence-corrected chi connectivity index (χ2v) is 5.56. The first-order valence-electron chi connectivity index (χ1n) is 6.85. The quantitative estimate of drug-likeness (QED) is 0.863. The number of nitrogens with two attached hydrogens (primary N) is 1. The van der Waals surface area contributed by atoms with Crippen LogP contribution in [0.3, 0.4) is 0 Å². The molecule has 2 heteroatoms. The molecular formula is C15H24N2. The van der Waals surface area contributed by atoms with E-state index < -0.39 is 0 Å². The summed E-state index contributed by atoms with van der Waals surface area (Å²) in [6.07, 6.45) is 9.94. The monoisotopic (exact) mass is 232 g/mol. The maximum absolute atomic E-state index is 6.31. The second-order valence-electron chi connectivity index (χ2n) is 5.56. The highest BCUT2D eigenvalue weighted by molar-refractivity contribution is 5.25. The van der Waals surface area contributed by atoms with E-state index in [1.54, 1.807) is 0 Å². The van der Waals surface area contributed by atoms with Gasteiger partial charge in [0, 0.05) is 12.2 Å². The van der Waals surface area contributed by atoms with Gasteiger partial charge in [-0.3, -0.25) is 4.98 Å². The lowest BCUT2D eigenvalue weighted by atomic mass is 9.84. The molecule has 0 bridgehead atoms. The van der Waals surface area contributed by atoms with Crippen LogP contribution in [0.5, 0.6) is 0 Å². The lowest BCUT2D eigenvalue weighted by molar-refractivity contribution is 0.317. The fourth-order valence-electron chi connectivity index (χ4n) is 3.01. The Labute approximate surface area is 105 Å². The molecule has 0 amide bonds. The van der Waals surface area contributed by atoms with Crippen LogP contribution in [0.1, 0.15) is 61.4 Å². The standard InChI is InChI=1S/C15H24N2/c1-11-8-12(2)15(17-10-11)14(16)9-13-6-4-3-5-7-13/h8,10,13-14H,3-7,9,16H2,1-2H3. The van der Waals surface area contributed by atoms with Crippen LogP contribution < -0.4 is 5.73 Å². The molecule has 1 aliphatic carbocycles. The first-order valence-corrected chi connectivity index (χ1v) is 6.85. The fraction of sp³-hybridized carbons (Fsp3) is 0.667. The lowest BCUT2D eigenvalue weighted by Gasteiger charge is -2.25. The van der Waals surface area contributed by atoms with Crippen LogP contribution >= 0.6 is 0 Å². The first kappa shape index (κ1) is 12.6. The van der Waals surface area contributed by atoms with Crippen LogP contribution in [-0.2, 0) is 0 Å². The van der Waals surface area contributed by atoms with E-state index in [0.29, 0.717) is 0 Å². The number of aromatic nitrogens is 1. The van der Waals surface area contributed by atoms with Gasteiger partial charge in [0.15, 0.2) is 0 Å². The summed E-state index contributed by atoms with van der Waals surface area (Å²) in [5.74, 6) is 0.821. The fourth-order valence-corrected chi connectivity index (χ4v) is 3.01. The summed E-state index contributed by atoms with van der Waals surface area (Å²) in [6, 6.07) is 2.31. The summed E-state index contributed by atoms with van der Waals surface area (Å²) in [5, 5.41) is 0. The molecule has 1 aromatic heterocycles. The van der Waals surface area contributed by atoms with Crippen molar-refractivity contribution in [2.75, 3.05) is 0 Å². The van der Waals surface area contributed by atoms with E-state index in [2.05, 4.69) is 24.9 Å². The highest BCUT2D eigenvalue weighted by Crippen LogP contribution is 2.31. The average Bonchev–Trinajstić information content (AvgIpc) is 2.30. The van der Waals surface area contributed by atoms with Crippen LogP contribution in [0.4, 0.5) is 0 Å². The van der Waals surface area contributed by atoms with Gasteiger partial charge in [-0.25, -0.2) is 0 Å². The largest absolute Gasteiger partial charge is 0.323 e. The van der Waals surface area contributed by atoms with Gasteiger partial charge in [-0.05, 0) is 37.3 Å². The molecule has 1 aliphatic rings. The first-order chi connectivity index (χ1) is 8.16. The summed E-state index contributed by atoms with van der Waals surface area (Å²) in [6.45, 7) is 4.20. The van der Waals surface area contributed by atoms with E-state index in [4.69, 9.17) is 5.73 Å². The van der Waals surface area contributed by atoms with Crippen LogP contribution in [0.25, 0.3) is 0 Å². The van der Waals surface area contributed by atoms with Crippen molar-refractivity contribution < 1.29 is 0 Å². The lowest BCUT2D eigenvalue weighted by Crippen LogP contribution is -2.19. The Hall–Kier alpha value is -0.890. The van der Waals surface area contributed by atoms with Crippen molar-refractivity contribution >= 4 is 0 Å². The zero-order chi connectivity index (χ0) is 12.3. The highest BCUT2D eigenvalue weighted by atomic mass is 14.8. The predicted molar refractivity (Wildman–Crippen MR) is 71.8 cm³/mol. The minimum Gasteiger partial charge on any atom is -0.323 e. The number of hydrogen-bond donors (Lipinski definition) is 1. The molecule has 2 nitrogen and oxygen atoms in total. The van der Waals surface area contributed by atoms with Crippen molar-refractivity contribution in [3.63, 3.8) is 0 Å². The molecule has 2 N–H and O–H groups in total. The Bertz CT molecular complexity index is 367. The smallest absolute Gasteiger partial charge is 0.0600 e. The molecule has 0 aliphatic heterocycles. The van der Waals surface area contributed by atoms with Crippen LogP contribution in [0.2, 0.25) is 0 Å². The summed E-state index contributed by atoms with van der Waals surface area (Å²) in [5.41, 5.74) is 9.87. The normalized spacial score (nSPS) is 19.2. The number of rotatable bonds is 3. The molecular weight excluding hydrogens is 208 g/mol. The van der Waals surface area contributed by atoms with E-state index in [-0.39, 0.29) is 6.04 Å². The SMILES string of the molecule is Cc1cnc(C(N)CC2CCCCC2)c(C)c1. The molecule has 1 aromatic rings. The minimum atomic E-state index is 0.124. The van der Waals surface area contributed by atoms with Gasteiger partial charge >= 0.3 is 0 Å². The molecule has 0 spiro atoms. The van der Waals surface area contributed by atoms with E-state index in [1.807, 2.05) is 6.20 Å².